The molecule has 3 aromatic rings. The Morgan fingerprint density at radius 1 is 1.27 bits per heavy atom. The van der Waals surface area contributed by atoms with E-state index in [1.165, 1.54) is 5.56 Å². The summed E-state index contributed by atoms with van der Waals surface area (Å²) in [7, 11) is 0. The van der Waals surface area contributed by atoms with Crippen molar-refractivity contribution in [3.63, 3.8) is 0 Å². The zero-order chi connectivity index (χ0) is 20.9. The first-order valence-electron chi connectivity index (χ1n) is 9.98. The van der Waals surface area contributed by atoms with Gasteiger partial charge in [-0.1, -0.05) is 12.1 Å². The van der Waals surface area contributed by atoms with E-state index in [1.807, 2.05) is 46.7 Å². The van der Waals surface area contributed by atoms with E-state index in [-0.39, 0.29) is 11.9 Å². The van der Waals surface area contributed by atoms with Gasteiger partial charge in [-0.3, -0.25) is 14.7 Å². The molecule has 1 fully saturated rings. The summed E-state index contributed by atoms with van der Waals surface area (Å²) in [5.74, 6) is 0.128. The van der Waals surface area contributed by atoms with Gasteiger partial charge in [0.15, 0.2) is 0 Å². The van der Waals surface area contributed by atoms with Crippen LogP contribution in [0.4, 0.5) is 0 Å². The molecule has 0 aliphatic carbocycles. The number of rotatable bonds is 5. The van der Waals surface area contributed by atoms with Crippen molar-refractivity contribution >= 4 is 17.2 Å². The number of benzene rings is 1. The second kappa shape index (κ2) is 9.16. The van der Waals surface area contributed by atoms with Crippen molar-refractivity contribution in [2.24, 2.45) is 0 Å². The lowest BCUT2D eigenvalue weighted by molar-refractivity contribution is -0.135. The van der Waals surface area contributed by atoms with Crippen molar-refractivity contribution in [1.29, 1.82) is 5.26 Å². The molecule has 7 heteroatoms. The Kier molecular flexibility index (Phi) is 6.17. The topological polar surface area (TPSA) is 73.1 Å². The minimum Gasteiger partial charge on any atom is -0.337 e. The number of amides is 1. The number of hydrogen-bond donors (Lipinski definition) is 0. The van der Waals surface area contributed by atoms with Gasteiger partial charge in [0.2, 0.25) is 5.91 Å². The number of nitriles is 1. The molecular formula is C23H23N5OS. The molecule has 1 aromatic carbocycles. The number of nitrogens with zero attached hydrogens (tertiary/aromatic N) is 5. The molecule has 6 nitrogen and oxygen atoms in total. The van der Waals surface area contributed by atoms with Crippen LogP contribution >= 0.6 is 11.3 Å². The summed E-state index contributed by atoms with van der Waals surface area (Å²) < 4.78 is 0. The van der Waals surface area contributed by atoms with Gasteiger partial charge in [-0.05, 0) is 36.8 Å². The minimum absolute atomic E-state index is 0.128. The van der Waals surface area contributed by atoms with E-state index >= 15 is 0 Å². The second-order valence-corrected chi connectivity index (χ2v) is 8.40. The molecule has 1 aliphatic heterocycles. The highest BCUT2D eigenvalue weighted by Crippen LogP contribution is 2.23. The highest BCUT2D eigenvalue weighted by Gasteiger charge is 2.27. The Morgan fingerprint density at radius 2 is 2.10 bits per heavy atom. The van der Waals surface area contributed by atoms with E-state index in [0.717, 1.165) is 42.4 Å². The zero-order valence-electron chi connectivity index (χ0n) is 16.9. The molecule has 3 heterocycles. The lowest BCUT2D eigenvalue weighted by atomic mass is 10.1. The Labute approximate surface area is 180 Å². The van der Waals surface area contributed by atoms with E-state index in [0.29, 0.717) is 12.0 Å². The van der Waals surface area contributed by atoms with Crippen LogP contribution in [-0.4, -0.2) is 51.4 Å². The summed E-state index contributed by atoms with van der Waals surface area (Å²) in [5, 5.41) is 11.8. The van der Waals surface area contributed by atoms with Crippen molar-refractivity contribution in [3.05, 3.63) is 71.0 Å². The van der Waals surface area contributed by atoms with Crippen LogP contribution in [0.5, 0.6) is 0 Å². The molecule has 1 saturated heterocycles. The third-order valence-corrected chi connectivity index (χ3v) is 6.25. The monoisotopic (exact) mass is 417 g/mol. The van der Waals surface area contributed by atoms with Crippen LogP contribution in [0.3, 0.4) is 0 Å². The van der Waals surface area contributed by atoms with Gasteiger partial charge in [-0.2, -0.15) is 5.26 Å². The number of pyridine rings is 1. The summed E-state index contributed by atoms with van der Waals surface area (Å²) in [6.45, 7) is 5.33. The Balaban J connectivity index is 1.32. The first-order valence-corrected chi connectivity index (χ1v) is 10.9. The lowest BCUT2D eigenvalue weighted by Gasteiger charge is -2.40. The first-order chi connectivity index (χ1) is 14.6. The van der Waals surface area contributed by atoms with Crippen molar-refractivity contribution in [2.45, 2.75) is 25.9 Å². The molecular weight excluding hydrogens is 394 g/mol. The first kappa shape index (κ1) is 20.2. The maximum absolute atomic E-state index is 12.9. The summed E-state index contributed by atoms with van der Waals surface area (Å²) in [6, 6.07) is 13.9. The average molecular weight is 418 g/mol. The van der Waals surface area contributed by atoms with Crippen molar-refractivity contribution in [1.82, 2.24) is 19.8 Å². The lowest BCUT2D eigenvalue weighted by Crippen LogP contribution is -2.54. The van der Waals surface area contributed by atoms with Crippen LogP contribution in [-0.2, 0) is 17.8 Å². The van der Waals surface area contributed by atoms with Gasteiger partial charge >= 0.3 is 0 Å². The fourth-order valence-electron chi connectivity index (χ4n) is 3.76. The van der Waals surface area contributed by atoms with Crippen LogP contribution in [0.2, 0.25) is 0 Å². The van der Waals surface area contributed by atoms with Gasteiger partial charge in [-0.15, -0.1) is 11.3 Å². The van der Waals surface area contributed by atoms with Crippen LogP contribution in [0.25, 0.3) is 10.6 Å². The van der Waals surface area contributed by atoms with E-state index < -0.39 is 0 Å². The molecule has 0 bridgehead atoms. The largest absolute Gasteiger partial charge is 0.337 e. The molecule has 0 saturated carbocycles. The highest BCUT2D eigenvalue weighted by atomic mass is 32.1. The second-order valence-electron chi connectivity index (χ2n) is 7.54. The number of thiazole rings is 1. The third-order valence-electron chi connectivity index (χ3n) is 5.31. The minimum atomic E-state index is 0.128. The molecule has 1 aliphatic rings. The molecule has 1 unspecified atom stereocenters. The van der Waals surface area contributed by atoms with E-state index in [4.69, 9.17) is 5.26 Å². The Morgan fingerprint density at radius 3 is 2.80 bits per heavy atom. The molecule has 152 valence electrons. The van der Waals surface area contributed by atoms with Crippen LogP contribution in [0.15, 0.2) is 54.2 Å². The Hall–Kier alpha value is -3.08. The number of carbonyl (C=O) groups is 1. The van der Waals surface area contributed by atoms with E-state index in [9.17, 15) is 4.79 Å². The zero-order valence-corrected chi connectivity index (χ0v) is 17.7. The van der Waals surface area contributed by atoms with Gasteiger partial charge in [-0.25, -0.2) is 4.98 Å². The molecule has 0 spiro atoms. The molecule has 0 N–H and O–H groups in total. The predicted molar refractivity (Wildman–Crippen MR) is 117 cm³/mol. The highest BCUT2D eigenvalue weighted by molar-refractivity contribution is 7.13. The van der Waals surface area contributed by atoms with Crippen molar-refractivity contribution < 1.29 is 4.79 Å². The normalized spacial score (nSPS) is 16.9. The van der Waals surface area contributed by atoms with Crippen molar-refractivity contribution in [2.75, 3.05) is 19.6 Å². The van der Waals surface area contributed by atoms with Crippen LogP contribution in [0, 0.1) is 11.3 Å². The fraction of sp³-hybridized carbons (Fsp3) is 0.304. The predicted octanol–water partition coefficient (Wildman–Crippen LogP) is 3.35. The molecule has 0 radical (unpaired) electrons. The Bertz CT molecular complexity index is 1040. The fourth-order valence-corrected chi connectivity index (χ4v) is 4.57. The number of piperazine rings is 1. The van der Waals surface area contributed by atoms with Crippen molar-refractivity contribution in [3.8, 4) is 16.6 Å². The number of carbonyl (C=O) groups excluding carboxylic acids is 1. The summed E-state index contributed by atoms with van der Waals surface area (Å²) in [5.41, 5.74) is 3.66. The van der Waals surface area contributed by atoms with Gasteiger partial charge in [0.1, 0.15) is 5.01 Å². The molecule has 30 heavy (non-hydrogen) atoms. The summed E-state index contributed by atoms with van der Waals surface area (Å²) in [6.07, 6.45) is 3.86. The van der Waals surface area contributed by atoms with Gasteiger partial charge in [0, 0.05) is 55.6 Å². The van der Waals surface area contributed by atoms with Crippen LogP contribution < -0.4 is 0 Å². The molecule has 1 amide bonds. The quantitative estimate of drug-likeness (QED) is 0.637. The van der Waals surface area contributed by atoms with E-state index in [1.54, 1.807) is 23.7 Å². The standard InChI is InChI=1S/C23H23N5OS/c1-17-14-27(15-19-6-4-18(12-24)5-7-19)9-10-28(17)22(29)11-21-16-30-23(26-21)20-3-2-8-25-13-20/h2-8,13,16-17H,9-11,14-15H2,1H3. The number of hydrogen-bond acceptors (Lipinski definition) is 6. The van der Waals surface area contributed by atoms with Gasteiger partial charge in [0.05, 0.1) is 23.7 Å². The van der Waals surface area contributed by atoms with Gasteiger partial charge < -0.3 is 4.90 Å². The van der Waals surface area contributed by atoms with Gasteiger partial charge in [0.25, 0.3) is 0 Å². The summed E-state index contributed by atoms with van der Waals surface area (Å²) in [4.78, 5) is 26.0. The SMILES string of the molecule is CC1CN(Cc2ccc(C#N)cc2)CCN1C(=O)Cc1csc(-c2cccnc2)n1. The molecule has 2 aromatic heterocycles. The number of aromatic nitrogens is 2. The average Bonchev–Trinajstić information content (AvgIpc) is 3.23. The maximum atomic E-state index is 12.9. The maximum Gasteiger partial charge on any atom is 0.228 e. The molecule has 4 rings (SSSR count). The smallest absolute Gasteiger partial charge is 0.228 e. The molecule has 1 atom stereocenters. The van der Waals surface area contributed by atoms with Crippen LogP contribution in [0.1, 0.15) is 23.7 Å². The third kappa shape index (κ3) is 4.73. The summed E-state index contributed by atoms with van der Waals surface area (Å²) >= 11 is 1.55. The van der Waals surface area contributed by atoms with E-state index in [2.05, 4.69) is 27.9 Å².